The van der Waals surface area contributed by atoms with Gasteiger partial charge in [-0.25, -0.2) is 0 Å². The topological polar surface area (TPSA) is 37.3 Å². The summed E-state index contributed by atoms with van der Waals surface area (Å²) in [6, 6.07) is 9.24. The third-order valence-electron chi connectivity index (χ3n) is 5.43. The number of hydrogen-bond donors (Lipinski definition) is 1. The lowest BCUT2D eigenvalue weighted by atomic mass is 9.87. The normalized spacial score (nSPS) is 28.1. The number of amides is 1. The van der Waals surface area contributed by atoms with E-state index in [1.165, 1.54) is 28.6 Å². The number of rotatable bonds is 0. The van der Waals surface area contributed by atoms with Crippen molar-refractivity contribution >= 4 is 16.8 Å². The molecule has 2 aromatic rings. The van der Waals surface area contributed by atoms with Crippen LogP contribution in [0, 0.1) is 0 Å². The molecule has 0 spiro atoms. The molecule has 4 nitrogen and oxygen atoms in total. The Morgan fingerprint density at radius 1 is 1.19 bits per heavy atom. The molecule has 0 unspecified atom stereocenters. The van der Waals surface area contributed by atoms with Gasteiger partial charge < -0.3 is 9.88 Å². The van der Waals surface area contributed by atoms with Gasteiger partial charge in [0.2, 0.25) is 5.91 Å². The molecule has 1 saturated heterocycles. The van der Waals surface area contributed by atoms with Gasteiger partial charge in [0.15, 0.2) is 0 Å². The van der Waals surface area contributed by atoms with E-state index in [1.54, 1.807) is 0 Å². The predicted molar refractivity (Wildman–Crippen MR) is 81.1 cm³/mol. The Hall–Kier alpha value is -1.81. The summed E-state index contributed by atoms with van der Waals surface area (Å²) >= 11 is 0. The van der Waals surface area contributed by atoms with E-state index in [1.807, 2.05) is 0 Å². The van der Waals surface area contributed by atoms with Crippen LogP contribution in [0.4, 0.5) is 0 Å². The molecule has 1 aromatic carbocycles. The highest BCUT2D eigenvalue weighted by Crippen LogP contribution is 2.42. The summed E-state index contributed by atoms with van der Waals surface area (Å²) in [4.78, 5) is 14.9. The van der Waals surface area contributed by atoms with E-state index in [-0.39, 0.29) is 11.9 Å². The molecule has 3 aliphatic heterocycles. The smallest absolute Gasteiger partial charge is 0.240 e. The van der Waals surface area contributed by atoms with Crippen molar-refractivity contribution in [2.75, 3.05) is 13.1 Å². The molecule has 0 aliphatic carbocycles. The summed E-state index contributed by atoms with van der Waals surface area (Å²) in [5.41, 5.74) is 4.12. The summed E-state index contributed by atoms with van der Waals surface area (Å²) < 4.78 is 2.28. The summed E-state index contributed by atoms with van der Waals surface area (Å²) in [7, 11) is 0. The zero-order valence-corrected chi connectivity index (χ0v) is 12.0. The first-order valence-corrected chi connectivity index (χ1v) is 7.96. The van der Waals surface area contributed by atoms with Crippen LogP contribution in [0.25, 0.3) is 10.9 Å². The van der Waals surface area contributed by atoms with Crippen LogP contribution in [-0.4, -0.2) is 34.5 Å². The number of carbonyl (C=O) groups is 1. The van der Waals surface area contributed by atoms with Gasteiger partial charge in [0.05, 0.1) is 12.1 Å². The molecule has 1 fully saturated rings. The van der Waals surface area contributed by atoms with E-state index in [2.05, 4.69) is 39.0 Å². The molecule has 3 aliphatic rings. The van der Waals surface area contributed by atoms with Gasteiger partial charge in [-0.05, 0) is 37.4 Å². The van der Waals surface area contributed by atoms with Crippen LogP contribution >= 0.6 is 0 Å². The lowest BCUT2D eigenvalue weighted by molar-refractivity contribution is -0.122. The van der Waals surface area contributed by atoms with Gasteiger partial charge in [-0.15, -0.1) is 0 Å². The van der Waals surface area contributed by atoms with E-state index in [0.29, 0.717) is 12.6 Å². The number of nitrogens with one attached hydrogen (secondary N) is 1. The van der Waals surface area contributed by atoms with Gasteiger partial charge in [0.25, 0.3) is 0 Å². The van der Waals surface area contributed by atoms with E-state index < -0.39 is 0 Å². The van der Waals surface area contributed by atoms with Crippen LogP contribution in [0.3, 0.4) is 0 Å². The molecule has 1 amide bonds. The van der Waals surface area contributed by atoms with Crippen molar-refractivity contribution in [1.82, 2.24) is 14.8 Å². The largest absolute Gasteiger partial charge is 0.350 e. The van der Waals surface area contributed by atoms with Gasteiger partial charge in [-0.1, -0.05) is 18.2 Å². The summed E-state index contributed by atoms with van der Waals surface area (Å²) in [6.07, 6.45) is 3.41. The zero-order chi connectivity index (χ0) is 14.0. The van der Waals surface area contributed by atoms with Crippen LogP contribution in [0.1, 0.15) is 30.1 Å². The Labute approximate surface area is 123 Å². The first kappa shape index (κ1) is 11.8. The number of para-hydroxylation sites is 1. The fourth-order valence-corrected chi connectivity index (χ4v) is 4.65. The van der Waals surface area contributed by atoms with Crippen molar-refractivity contribution in [3.8, 4) is 0 Å². The first-order valence-electron chi connectivity index (χ1n) is 7.96. The van der Waals surface area contributed by atoms with Crippen molar-refractivity contribution < 1.29 is 4.79 Å². The van der Waals surface area contributed by atoms with Gasteiger partial charge in [0.1, 0.15) is 6.54 Å². The summed E-state index contributed by atoms with van der Waals surface area (Å²) in [5.74, 6) is 0.166. The Bertz CT molecular complexity index is 748. The lowest BCUT2D eigenvalue weighted by Crippen LogP contribution is -2.51. The SMILES string of the molecule is O=C1Cn2c3c(c4ccccc42)CCN2CCC[C@H](N1)[C@@H]32. The number of aromatic nitrogens is 1. The Balaban J connectivity index is 1.84. The van der Waals surface area contributed by atoms with Crippen LogP contribution in [0.5, 0.6) is 0 Å². The number of benzene rings is 1. The van der Waals surface area contributed by atoms with E-state index >= 15 is 0 Å². The molecule has 2 atom stereocenters. The van der Waals surface area contributed by atoms with Crippen LogP contribution in [0.15, 0.2) is 24.3 Å². The minimum absolute atomic E-state index is 0.166. The van der Waals surface area contributed by atoms with Crippen molar-refractivity contribution in [2.24, 2.45) is 0 Å². The molecule has 4 heteroatoms. The Kier molecular flexibility index (Phi) is 2.31. The van der Waals surface area contributed by atoms with Crippen LogP contribution in [-0.2, 0) is 17.8 Å². The minimum Gasteiger partial charge on any atom is -0.350 e. The molecule has 4 heterocycles. The Morgan fingerprint density at radius 2 is 2.10 bits per heavy atom. The number of piperidine rings is 1. The van der Waals surface area contributed by atoms with Crippen molar-refractivity contribution in [2.45, 2.75) is 37.9 Å². The molecule has 0 saturated carbocycles. The molecule has 1 N–H and O–H groups in total. The quantitative estimate of drug-likeness (QED) is 0.800. The van der Waals surface area contributed by atoms with Gasteiger partial charge in [-0.3, -0.25) is 9.69 Å². The molecular formula is C17H19N3O. The standard InChI is InChI=1S/C17H19N3O/c21-15-10-20-14-6-2-1-4-11(14)12-7-9-19-8-3-5-13(18-15)17(19)16(12)20/h1-2,4,6,13,17H,3,5,7-10H2,(H,18,21)/t13-,17-/m0/s1. The molecule has 21 heavy (non-hydrogen) atoms. The van der Waals surface area contributed by atoms with Gasteiger partial charge in [0, 0.05) is 23.1 Å². The molecular weight excluding hydrogens is 262 g/mol. The minimum atomic E-state index is 0.166. The molecule has 0 radical (unpaired) electrons. The van der Waals surface area contributed by atoms with Crippen LogP contribution in [0.2, 0.25) is 0 Å². The Morgan fingerprint density at radius 3 is 3.05 bits per heavy atom. The van der Waals surface area contributed by atoms with Crippen molar-refractivity contribution in [3.63, 3.8) is 0 Å². The predicted octanol–water partition coefficient (Wildman–Crippen LogP) is 1.83. The second-order valence-electron chi connectivity index (χ2n) is 6.51. The van der Waals surface area contributed by atoms with E-state index in [4.69, 9.17) is 0 Å². The molecule has 1 aromatic heterocycles. The van der Waals surface area contributed by atoms with Gasteiger partial charge >= 0.3 is 0 Å². The lowest BCUT2D eigenvalue weighted by Gasteiger charge is -2.43. The molecule has 0 bridgehead atoms. The zero-order valence-electron chi connectivity index (χ0n) is 12.0. The third kappa shape index (κ3) is 1.51. The highest BCUT2D eigenvalue weighted by molar-refractivity contribution is 5.89. The van der Waals surface area contributed by atoms with Crippen LogP contribution < -0.4 is 5.32 Å². The first-order chi connectivity index (χ1) is 10.3. The summed E-state index contributed by atoms with van der Waals surface area (Å²) in [6.45, 7) is 2.76. The number of hydrogen-bond acceptors (Lipinski definition) is 2. The average molecular weight is 281 g/mol. The molecule has 108 valence electrons. The maximum absolute atomic E-state index is 12.3. The van der Waals surface area contributed by atoms with E-state index in [9.17, 15) is 4.79 Å². The molecule has 5 rings (SSSR count). The van der Waals surface area contributed by atoms with Gasteiger partial charge in [-0.2, -0.15) is 0 Å². The second kappa shape index (κ2) is 4.10. The fourth-order valence-electron chi connectivity index (χ4n) is 4.65. The van der Waals surface area contributed by atoms with Crippen molar-refractivity contribution in [3.05, 3.63) is 35.5 Å². The monoisotopic (exact) mass is 281 g/mol. The number of fused-ring (bicyclic) bond motifs is 3. The second-order valence-corrected chi connectivity index (χ2v) is 6.51. The number of carbonyl (C=O) groups excluding carboxylic acids is 1. The summed E-state index contributed by atoms with van der Waals surface area (Å²) in [5, 5.41) is 4.62. The maximum atomic E-state index is 12.3. The highest BCUT2D eigenvalue weighted by atomic mass is 16.2. The maximum Gasteiger partial charge on any atom is 0.240 e. The van der Waals surface area contributed by atoms with Crippen molar-refractivity contribution in [1.29, 1.82) is 0 Å². The number of nitrogens with zero attached hydrogens (tertiary/aromatic N) is 2. The third-order valence-corrected chi connectivity index (χ3v) is 5.43. The van der Waals surface area contributed by atoms with E-state index in [0.717, 1.165) is 25.9 Å². The fraction of sp³-hybridized carbons (Fsp3) is 0.471. The highest BCUT2D eigenvalue weighted by Gasteiger charge is 2.42. The average Bonchev–Trinajstić information content (AvgIpc) is 2.73.